The highest BCUT2D eigenvalue weighted by molar-refractivity contribution is 5.77. The first-order valence-electron chi connectivity index (χ1n) is 10.2. The molecule has 2 aromatic rings. The van der Waals surface area contributed by atoms with Crippen LogP contribution in [0.4, 0.5) is 22.7 Å². The Morgan fingerprint density at radius 1 is 1.17 bits per heavy atom. The summed E-state index contributed by atoms with van der Waals surface area (Å²) in [6.07, 6.45) is 3.70. The molecule has 0 radical (unpaired) electrons. The lowest BCUT2D eigenvalue weighted by Gasteiger charge is -2.23. The first kappa shape index (κ1) is 23.1. The number of aliphatic hydroxyl groups excluding tert-OH is 1. The van der Waals surface area contributed by atoms with E-state index < -0.39 is 0 Å². The number of hydrogen-bond acceptors (Lipinski definition) is 5. The normalized spacial score (nSPS) is 11.1. The van der Waals surface area contributed by atoms with Crippen LogP contribution in [0.3, 0.4) is 0 Å². The zero-order chi connectivity index (χ0) is 21.9. The lowest BCUT2D eigenvalue weighted by atomic mass is 10.1. The monoisotopic (exact) mass is 412 g/mol. The molecule has 0 aromatic heterocycles. The number of rotatable bonds is 12. The van der Waals surface area contributed by atoms with Gasteiger partial charge in [-0.2, -0.15) is 0 Å². The Hall–Kier alpha value is -3.19. The number of benzene rings is 2. The minimum Gasteiger partial charge on any atom is -0.508 e. The van der Waals surface area contributed by atoms with Crippen LogP contribution < -0.4 is 20.9 Å². The van der Waals surface area contributed by atoms with E-state index in [9.17, 15) is 5.11 Å². The van der Waals surface area contributed by atoms with Crippen molar-refractivity contribution in [1.29, 1.82) is 0 Å². The minimum atomic E-state index is 0.0188. The molecular formula is C23H34N5O2+. The zero-order valence-corrected chi connectivity index (χ0v) is 18.2. The van der Waals surface area contributed by atoms with Gasteiger partial charge in [0.15, 0.2) is 0 Å². The van der Waals surface area contributed by atoms with Gasteiger partial charge in [-0.25, -0.2) is 4.58 Å². The van der Waals surface area contributed by atoms with Gasteiger partial charge in [0.1, 0.15) is 12.3 Å². The van der Waals surface area contributed by atoms with E-state index >= 15 is 0 Å². The summed E-state index contributed by atoms with van der Waals surface area (Å²) in [7, 11) is 1.88. The van der Waals surface area contributed by atoms with Crippen LogP contribution in [-0.4, -0.2) is 61.0 Å². The molecule has 162 valence electrons. The number of aromatic hydroxyl groups is 1. The number of phenolic OH excluding ortho intramolecular Hbond substituents is 1. The molecule has 0 saturated heterocycles. The zero-order valence-electron chi connectivity index (χ0n) is 18.2. The molecule has 0 fully saturated rings. The maximum absolute atomic E-state index is 10.0. The number of hydrogen-bond donors (Lipinski definition) is 5. The van der Waals surface area contributed by atoms with Crippen LogP contribution in [0.15, 0.2) is 49.2 Å². The van der Waals surface area contributed by atoms with Crippen molar-refractivity contribution in [2.75, 3.05) is 55.4 Å². The second-order valence-electron chi connectivity index (χ2n) is 6.92. The Morgan fingerprint density at radius 3 is 2.50 bits per heavy atom. The summed E-state index contributed by atoms with van der Waals surface area (Å²) in [5, 5.41) is 28.7. The predicted molar refractivity (Wildman–Crippen MR) is 126 cm³/mol. The van der Waals surface area contributed by atoms with Crippen LogP contribution in [-0.2, 0) is 0 Å². The molecule has 30 heavy (non-hydrogen) atoms. The van der Waals surface area contributed by atoms with E-state index in [-0.39, 0.29) is 12.4 Å². The van der Waals surface area contributed by atoms with Gasteiger partial charge in [-0.15, -0.1) is 0 Å². The molecular weight excluding hydrogens is 378 g/mol. The fourth-order valence-corrected chi connectivity index (χ4v) is 3.13. The molecule has 5 N–H and O–H groups in total. The summed E-state index contributed by atoms with van der Waals surface area (Å²) < 4.78 is 2.02. The van der Waals surface area contributed by atoms with Gasteiger partial charge in [-0.05, 0) is 49.7 Å². The molecule has 0 spiro atoms. The second-order valence-corrected chi connectivity index (χ2v) is 6.92. The molecule has 0 aliphatic heterocycles. The van der Waals surface area contributed by atoms with Gasteiger partial charge in [0, 0.05) is 30.5 Å². The SMILES string of the molecule is C=C[N+](=CNC)CCN(CC)c1ccc(Nc2cc(C)c(O)cc2NCCO)cc1. The van der Waals surface area contributed by atoms with Crippen molar-refractivity contribution in [1.82, 2.24) is 5.32 Å². The molecule has 0 aliphatic carbocycles. The summed E-state index contributed by atoms with van der Waals surface area (Å²) in [5.41, 5.74) is 4.48. The van der Waals surface area contributed by atoms with Crippen molar-refractivity contribution in [3.8, 4) is 5.75 Å². The summed E-state index contributed by atoms with van der Waals surface area (Å²) >= 11 is 0. The Kier molecular flexibility index (Phi) is 9.03. The molecule has 7 nitrogen and oxygen atoms in total. The van der Waals surface area contributed by atoms with E-state index in [1.54, 1.807) is 12.3 Å². The number of aryl methyl sites for hydroxylation is 1. The molecule has 2 aromatic carbocycles. The molecule has 0 aliphatic rings. The number of likely N-dealkylation sites (N-methyl/N-ethyl adjacent to an activating group) is 1. The Labute approximate surface area is 179 Å². The Bertz CT molecular complexity index is 849. The van der Waals surface area contributed by atoms with Crippen LogP contribution in [0.1, 0.15) is 12.5 Å². The average molecular weight is 413 g/mol. The quantitative estimate of drug-likeness (QED) is 0.160. The molecule has 0 bridgehead atoms. The third kappa shape index (κ3) is 6.42. The average Bonchev–Trinajstić information content (AvgIpc) is 2.75. The van der Waals surface area contributed by atoms with Crippen LogP contribution in [0.2, 0.25) is 0 Å². The highest BCUT2D eigenvalue weighted by Gasteiger charge is 2.09. The van der Waals surface area contributed by atoms with Crippen molar-refractivity contribution in [2.24, 2.45) is 0 Å². The van der Waals surface area contributed by atoms with Gasteiger partial charge in [0.2, 0.25) is 6.34 Å². The summed E-state index contributed by atoms with van der Waals surface area (Å²) in [4.78, 5) is 2.31. The van der Waals surface area contributed by atoms with Crippen molar-refractivity contribution < 1.29 is 14.8 Å². The van der Waals surface area contributed by atoms with Gasteiger partial charge in [0.25, 0.3) is 0 Å². The van der Waals surface area contributed by atoms with Crippen molar-refractivity contribution in [3.05, 3.63) is 54.7 Å². The largest absolute Gasteiger partial charge is 0.508 e. The third-order valence-corrected chi connectivity index (χ3v) is 4.81. The van der Waals surface area contributed by atoms with Crippen molar-refractivity contribution in [2.45, 2.75) is 13.8 Å². The lowest BCUT2D eigenvalue weighted by molar-refractivity contribution is -0.450. The summed E-state index contributed by atoms with van der Waals surface area (Å²) in [6, 6.07) is 11.8. The van der Waals surface area contributed by atoms with Gasteiger partial charge in [0.05, 0.1) is 37.8 Å². The number of nitrogens with zero attached hydrogens (tertiary/aromatic N) is 2. The van der Waals surface area contributed by atoms with E-state index in [2.05, 4.69) is 46.5 Å². The second kappa shape index (κ2) is 11.7. The molecule has 7 heteroatoms. The number of anilines is 4. The standard InChI is InChI=1S/C23H33N5O2/c1-5-27(17-24-4)12-13-28(6-2)20-9-7-19(8-10-20)26-22-15-18(3)23(30)16-21(22)25-11-14-29/h5,7-10,15-17,25-26,29-30H,1,6,11-14H2,2-4H3/p+1. The van der Waals surface area contributed by atoms with Crippen LogP contribution in [0.5, 0.6) is 5.75 Å². The summed E-state index contributed by atoms with van der Waals surface area (Å²) in [6.45, 7) is 10.9. The Balaban J connectivity index is 2.12. The van der Waals surface area contributed by atoms with Crippen LogP contribution in [0.25, 0.3) is 0 Å². The topological polar surface area (TPSA) is 82.8 Å². The molecule has 2 rings (SSSR count). The van der Waals surface area contributed by atoms with E-state index in [0.717, 1.165) is 47.9 Å². The third-order valence-electron chi connectivity index (χ3n) is 4.81. The number of phenols is 1. The van der Waals surface area contributed by atoms with Crippen molar-refractivity contribution >= 4 is 29.1 Å². The maximum atomic E-state index is 10.0. The van der Waals surface area contributed by atoms with Crippen molar-refractivity contribution in [3.63, 3.8) is 0 Å². The highest BCUT2D eigenvalue weighted by Crippen LogP contribution is 2.32. The molecule has 0 amide bonds. The minimum absolute atomic E-state index is 0.0188. The van der Waals surface area contributed by atoms with E-state index in [0.29, 0.717) is 6.54 Å². The van der Waals surface area contributed by atoms with Crippen LogP contribution in [0, 0.1) is 6.92 Å². The summed E-state index contributed by atoms with van der Waals surface area (Å²) in [5.74, 6) is 0.221. The van der Waals surface area contributed by atoms with Gasteiger partial charge >= 0.3 is 0 Å². The maximum Gasteiger partial charge on any atom is 0.236 e. The fourth-order valence-electron chi connectivity index (χ4n) is 3.13. The van der Waals surface area contributed by atoms with Gasteiger partial charge < -0.3 is 25.7 Å². The molecule has 0 heterocycles. The molecule has 0 saturated carbocycles. The predicted octanol–water partition coefficient (Wildman–Crippen LogP) is 3.08. The molecule has 0 atom stereocenters. The number of aliphatic hydroxyl groups is 1. The Morgan fingerprint density at radius 2 is 1.90 bits per heavy atom. The fraction of sp³-hybridized carbons (Fsp3) is 0.348. The van der Waals surface area contributed by atoms with E-state index in [1.807, 2.05) is 43.1 Å². The highest BCUT2D eigenvalue weighted by atomic mass is 16.3. The first-order chi connectivity index (χ1) is 14.5. The lowest BCUT2D eigenvalue weighted by Crippen LogP contribution is -2.30. The molecule has 0 unspecified atom stereocenters. The van der Waals surface area contributed by atoms with Gasteiger partial charge in [-0.1, -0.05) is 6.58 Å². The van der Waals surface area contributed by atoms with E-state index in [4.69, 9.17) is 5.11 Å². The number of nitrogens with one attached hydrogen (secondary N) is 3. The van der Waals surface area contributed by atoms with E-state index in [1.165, 1.54) is 0 Å². The van der Waals surface area contributed by atoms with Crippen LogP contribution >= 0.6 is 0 Å². The van der Waals surface area contributed by atoms with Gasteiger partial charge in [-0.3, -0.25) is 5.32 Å². The smallest absolute Gasteiger partial charge is 0.236 e. The first-order valence-corrected chi connectivity index (χ1v) is 10.2.